The highest BCUT2D eigenvalue weighted by molar-refractivity contribution is 7.87. The molecule has 3 N–H and O–H groups in total. The van der Waals surface area contributed by atoms with Crippen LogP contribution in [0.2, 0.25) is 0 Å². The average molecular weight is 378 g/mol. The number of aliphatic hydroxyl groups excluding tert-OH is 1. The summed E-state index contributed by atoms with van der Waals surface area (Å²) in [5.41, 5.74) is 2.84. The van der Waals surface area contributed by atoms with E-state index >= 15 is 0 Å². The highest BCUT2D eigenvalue weighted by Crippen LogP contribution is 2.63. The lowest BCUT2D eigenvalue weighted by molar-refractivity contribution is 0.0277. The minimum absolute atomic E-state index is 0.113. The Bertz CT molecular complexity index is 851. The van der Waals surface area contributed by atoms with Gasteiger partial charge in [0.15, 0.2) is 0 Å². The molecule has 0 heterocycles. The first-order valence-corrected chi connectivity index (χ1v) is 10.8. The zero-order chi connectivity index (χ0) is 18.7. The number of aliphatic hydroxyl groups is 1. The van der Waals surface area contributed by atoms with Gasteiger partial charge in [-0.1, -0.05) is 19.1 Å². The number of nitrogens with one attached hydrogen (secondary N) is 1. The molecule has 4 rings (SSSR count). The summed E-state index contributed by atoms with van der Waals surface area (Å²) in [7, 11) is -4.27. The van der Waals surface area contributed by atoms with Crippen molar-refractivity contribution in [1.82, 2.24) is 0 Å². The summed E-state index contributed by atoms with van der Waals surface area (Å²) in [6.07, 6.45) is 7.63. The predicted octanol–water partition coefficient (Wildman–Crippen LogP) is 3.46. The molecule has 3 aliphatic carbocycles. The number of rotatable bonds is 3. The third-order valence-corrected chi connectivity index (χ3v) is 7.82. The minimum atomic E-state index is -4.27. The molecular formula is C20H27NO4S. The van der Waals surface area contributed by atoms with Crippen LogP contribution in [0.1, 0.15) is 50.2 Å². The topological polar surface area (TPSA) is 86.6 Å². The Kier molecular flexibility index (Phi) is 4.03. The fourth-order valence-corrected chi connectivity index (χ4v) is 6.68. The van der Waals surface area contributed by atoms with Gasteiger partial charge in [0, 0.05) is 5.41 Å². The highest BCUT2D eigenvalue weighted by Gasteiger charge is 2.57. The molecule has 142 valence electrons. The molecule has 26 heavy (non-hydrogen) atoms. The Labute approximate surface area is 155 Å². The summed E-state index contributed by atoms with van der Waals surface area (Å²) in [6, 6.07) is 5.55. The van der Waals surface area contributed by atoms with Crippen LogP contribution in [0.4, 0.5) is 5.69 Å². The largest absolute Gasteiger partial charge is 0.393 e. The van der Waals surface area contributed by atoms with E-state index < -0.39 is 10.3 Å². The first-order valence-electron chi connectivity index (χ1n) is 9.37. The second kappa shape index (κ2) is 5.81. The van der Waals surface area contributed by atoms with Gasteiger partial charge in [0.25, 0.3) is 0 Å². The fraction of sp³-hybridized carbons (Fsp3) is 0.600. The standard InChI is InChI=1S/C20H27NO4S/c1-3-20-9-8-19(2)12-15(22)11-18(19)17(20)6-4-13-10-14(5-7-16(13)20)21-26(23,24)25/h3,5,7,10,15,17-18,21-22H,1,4,6,8-9,11-12H2,2H3,(H,23,24,25)/t15-,17?,18?,19-,20-/m1/s1. The van der Waals surface area contributed by atoms with E-state index in [2.05, 4.69) is 24.3 Å². The lowest BCUT2D eigenvalue weighted by Gasteiger charge is -2.55. The Hall–Kier alpha value is -1.37. The van der Waals surface area contributed by atoms with Crippen molar-refractivity contribution < 1.29 is 18.1 Å². The van der Waals surface area contributed by atoms with Crippen molar-refractivity contribution in [2.75, 3.05) is 4.72 Å². The van der Waals surface area contributed by atoms with Gasteiger partial charge in [-0.25, -0.2) is 0 Å². The van der Waals surface area contributed by atoms with Crippen molar-refractivity contribution in [2.24, 2.45) is 17.3 Å². The molecule has 2 unspecified atom stereocenters. The van der Waals surface area contributed by atoms with E-state index in [0.717, 1.165) is 44.1 Å². The van der Waals surface area contributed by atoms with E-state index in [1.807, 2.05) is 12.1 Å². The van der Waals surface area contributed by atoms with Crippen molar-refractivity contribution in [2.45, 2.75) is 57.0 Å². The van der Waals surface area contributed by atoms with Gasteiger partial charge >= 0.3 is 10.3 Å². The fourth-order valence-electron chi connectivity index (χ4n) is 6.26. The van der Waals surface area contributed by atoms with Crippen LogP contribution in [0.5, 0.6) is 0 Å². The van der Waals surface area contributed by atoms with Crippen LogP contribution in [0.25, 0.3) is 0 Å². The van der Waals surface area contributed by atoms with E-state index in [-0.39, 0.29) is 16.9 Å². The number of fused-ring (bicyclic) bond motifs is 5. The Balaban J connectivity index is 1.75. The number of benzene rings is 1. The van der Waals surface area contributed by atoms with E-state index in [9.17, 15) is 13.5 Å². The molecule has 0 bridgehead atoms. The summed E-state index contributed by atoms with van der Waals surface area (Å²) in [5, 5.41) is 10.3. The maximum Gasteiger partial charge on any atom is 0.357 e. The van der Waals surface area contributed by atoms with Crippen molar-refractivity contribution in [1.29, 1.82) is 0 Å². The zero-order valence-electron chi connectivity index (χ0n) is 15.1. The third-order valence-electron chi connectivity index (χ3n) is 7.32. The van der Waals surface area contributed by atoms with Crippen LogP contribution in [-0.2, 0) is 22.1 Å². The molecule has 3 aliphatic rings. The van der Waals surface area contributed by atoms with E-state index in [1.54, 1.807) is 6.07 Å². The van der Waals surface area contributed by atoms with Gasteiger partial charge in [-0.15, -0.1) is 6.58 Å². The molecule has 0 spiro atoms. The summed E-state index contributed by atoms with van der Waals surface area (Å²) in [4.78, 5) is 0. The van der Waals surface area contributed by atoms with Crippen LogP contribution in [0.3, 0.4) is 0 Å². The van der Waals surface area contributed by atoms with Crippen molar-refractivity contribution in [3.63, 3.8) is 0 Å². The normalized spacial score (nSPS) is 38.8. The highest BCUT2D eigenvalue weighted by atomic mass is 32.2. The first-order chi connectivity index (χ1) is 12.2. The molecule has 5 atom stereocenters. The third kappa shape index (κ3) is 2.70. The number of allylic oxidation sites excluding steroid dienone is 1. The van der Waals surface area contributed by atoms with E-state index in [1.165, 1.54) is 5.56 Å². The molecule has 0 radical (unpaired) electrons. The van der Waals surface area contributed by atoms with Gasteiger partial charge in [0.1, 0.15) is 0 Å². The maximum atomic E-state index is 11.1. The number of aryl methyl sites for hydroxylation is 1. The Morgan fingerprint density at radius 1 is 1.31 bits per heavy atom. The van der Waals surface area contributed by atoms with Crippen LogP contribution in [-0.4, -0.2) is 24.2 Å². The second-order valence-electron chi connectivity index (χ2n) is 8.69. The lowest BCUT2D eigenvalue weighted by atomic mass is 9.49. The van der Waals surface area contributed by atoms with Crippen molar-refractivity contribution in [3.05, 3.63) is 42.0 Å². The minimum Gasteiger partial charge on any atom is -0.393 e. The molecule has 1 aromatic rings. The van der Waals surface area contributed by atoms with Gasteiger partial charge in [-0.05, 0) is 79.0 Å². The monoisotopic (exact) mass is 377 g/mol. The van der Waals surface area contributed by atoms with Crippen LogP contribution >= 0.6 is 0 Å². The smallest absolute Gasteiger partial charge is 0.357 e. The van der Waals surface area contributed by atoms with Gasteiger partial charge in [-0.3, -0.25) is 9.27 Å². The lowest BCUT2D eigenvalue weighted by Crippen LogP contribution is -2.49. The summed E-state index contributed by atoms with van der Waals surface area (Å²) in [5.74, 6) is 0.955. The Morgan fingerprint density at radius 3 is 2.77 bits per heavy atom. The molecule has 0 saturated heterocycles. The average Bonchev–Trinajstić information content (AvgIpc) is 2.86. The quantitative estimate of drug-likeness (QED) is 0.556. The van der Waals surface area contributed by atoms with Crippen molar-refractivity contribution >= 4 is 16.0 Å². The first kappa shape index (κ1) is 18.0. The van der Waals surface area contributed by atoms with Crippen LogP contribution in [0.15, 0.2) is 30.9 Å². The van der Waals surface area contributed by atoms with Gasteiger partial charge in [-0.2, -0.15) is 8.42 Å². The summed E-state index contributed by atoms with van der Waals surface area (Å²) >= 11 is 0. The SMILES string of the molecule is C=C[C@]12CC[C@]3(C)C[C@H](O)CC3C1CCc1cc(NS(=O)(=O)O)ccc12. The zero-order valence-corrected chi connectivity index (χ0v) is 15.9. The van der Waals surface area contributed by atoms with Crippen LogP contribution in [0, 0.1) is 17.3 Å². The van der Waals surface area contributed by atoms with Gasteiger partial charge in [0.05, 0.1) is 11.8 Å². The molecule has 0 aliphatic heterocycles. The molecule has 2 saturated carbocycles. The van der Waals surface area contributed by atoms with Gasteiger partial charge < -0.3 is 5.11 Å². The summed E-state index contributed by atoms with van der Waals surface area (Å²) in [6.45, 7) is 6.51. The number of anilines is 1. The number of hydrogen-bond donors (Lipinski definition) is 3. The summed E-state index contributed by atoms with van der Waals surface area (Å²) < 4.78 is 33.4. The van der Waals surface area contributed by atoms with Crippen LogP contribution < -0.4 is 4.72 Å². The van der Waals surface area contributed by atoms with E-state index in [0.29, 0.717) is 17.5 Å². The Morgan fingerprint density at radius 2 is 2.08 bits per heavy atom. The maximum absolute atomic E-state index is 11.1. The molecule has 1 aromatic carbocycles. The second-order valence-corrected chi connectivity index (χ2v) is 9.85. The van der Waals surface area contributed by atoms with Gasteiger partial charge in [0.2, 0.25) is 0 Å². The number of hydrogen-bond acceptors (Lipinski definition) is 3. The molecule has 0 aromatic heterocycles. The molecule has 6 heteroatoms. The molecule has 5 nitrogen and oxygen atoms in total. The van der Waals surface area contributed by atoms with Crippen molar-refractivity contribution in [3.8, 4) is 0 Å². The molecule has 0 amide bonds. The predicted molar refractivity (Wildman–Crippen MR) is 101 cm³/mol. The van der Waals surface area contributed by atoms with E-state index in [4.69, 9.17) is 4.55 Å². The molecular weight excluding hydrogens is 350 g/mol. The molecule has 2 fully saturated rings.